The predicted molar refractivity (Wildman–Crippen MR) is 51.5 cm³/mol. The van der Waals surface area contributed by atoms with Gasteiger partial charge >= 0.3 is 6.09 Å². The van der Waals surface area contributed by atoms with Crippen molar-refractivity contribution in [1.29, 1.82) is 0 Å². The molecule has 3 nitrogen and oxygen atoms in total. The van der Waals surface area contributed by atoms with Gasteiger partial charge in [-0.2, -0.15) is 0 Å². The summed E-state index contributed by atoms with van der Waals surface area (Å²) < 4.78 is 4.84. The Labute approximate surface area is 79.8 Å². The first-order valence-corrected chi connectivity index (χ1v) is 5.08. The lowest BCUT2D eigenvalue weighted by atomic mass is 9.98. The van der Waals surface area contributed by atoms with E-state index < -0.39 is 0 Å². The summed E-state index contributed by atoms with van der Waals surface area (Å²) in [5, 5.41) is 2.90. The molecule has 1 aliphatic carbocycles. The van der Waals surface area contributed by atoms with Crippen molar-refractivity contribution in [3.8, 4) is 0 Å². The van der Waals surface area contributed by atoms with Gasteiger partial charge in [0.05, 0.1) is 6.61 Å². The zero-order chi connectivity index (χ0) is 9.84. The van der Waals surface area contributed by atoms with Crippen molar-refractivity contribution in [3.63, 3.8) is 0 Å². The Morgan fingerprint density at radius 1 is 1.46 bits per heavy atom. The van der Waals surface area contributed by atoms with Crippen LogP contribution in [0.15, 0.2) is 0 Å². The Hall–Kier alpha value is -0.730. The maximum absolute atomic E-state index is 11.1. The third kappa shape index (κ3) is 2.61. The van der Waals surface area contributed by atoms with Crippen LogP contribution >= 0.6 is 0 Å². The minimum Gasteiger partial charge on any atom is -0.450 e. The van der Waals surface area contributed by atoms with E-state index in [9.17, 15) is 4.79 Å². The summed E-state index contributed by atoms with van der Waals surface area (Å²) >= 11 is 0. The van der Waals surface area contributed by atoms with Crippen molar-refractivity contribution in [3.05, 3.63) is 0 Å². The molecule has 0 aromatic carbocycles. The molecular formula is C10H19NO2. The highest BCUT2D eigenvalue weighted by atomic mass is 16.5. The van der Waals surface area contributed by atoms with Crippen LogP contribution in [0.2, 0.25) is 0 Å². The molecule has 3 unspecified atom stereocenters. The fourth-order valence-electron chi connectivity index (χ4n) is 1.89. The molecule has 1 rings (SSSR count). The number of nitrogens with one attached hydrogen (secondary N) is 1. The van der Waals surface area contributed by atoms with Crippen molar-refractivity contribution < 1.29 is 9.53 Å². The third-order valence-corrected chi connectivity index (χ3v) is 3.04. The minimum absolute atomic E-state index is 0.270. The lowest BCUT2D eigenvalue weighted by Crippen LogP contribution is -2.37. The molecule has 1 saturated carbocycles. The summed E-state index contributed by atoms with van der Waals surface area (Å²) in [6.07, 6.45) is 2.02. The Morgan fingerprint density at radius 3 is 2.62 bits per heavy atom. The second-order valence-corrected chi connectivity index (χ2v) is 3.89. The van der Waals surface area contributed by atoms with Crippen LogP contribution < -0.4 is 5.32 Å². The SMILES string of the molecule is CCOC(=O)NC1CCC(C)C1C. The van der Waals surface area contributed by atoms with Gasteiger partial charge < -0.3 is 10.1 Å². The molecule has 0 spiro atoms. The molecule has 1 aliphatic rings. The van der Waals surface area contributed by atoms with E-state index in [1.54, 1.807) is 0 Å². The van der Waals surface area contributed by atoms with E-state index in [0.717, 1.165) is 6.42 Å². The molecule has 3 heteroatoms. The largest absolute Gasteiger partial charge is 0.450 e. The fraction of sp³-hybridized carbons (Fsp3) is 0.900. The zero-order valence-electron chi connectivity index (χ0n) is 8.67. The molecule has 0 aromatic rings. The molecule has 1 amide bonds. The van der Waals surface area contributed by atoms with E-state index in [0.29, 0.717) is 24.5 Å². The van der Waals surface area contributed by atoms with Gasteiger partial charge in [0.2, 0.25) is 0 Å². The van der Waals surface area contributed by atoms with Gasteiger partial charge in [0, 0.05) is 6.04 Å². The van der Waals surface area contributed by atoms with E-state index >= 15 is 0 Å². The molecule has 0 radical (unpaired) electrons. The molecule has 0 saturated heterocycles. The van der Waals surface area contributed by atoms with Gasteiger partial charge in [-0.15, -0.1) is 0 Å². The highest BCUT2D eigenvalue weighted by molar-refractivity contribution is 5.67. The first kappa shape index (κ1) is 10.4. The highest BCUT2D eigenvalue weighted by Crippen LogP contribution is 2.30. The van der Waals surface area contributed by atoms with E-state index in [-0.39, 0.29) is 6.09 Å². The number of rotatable bonds is 2. The molecule has 13 heavy (non-hydrogen) atoms. The van der Waals surface area contributed by atoms with Crippen molar-refractivity contribution in [2.75, 3.05) is 6.61 Å². The summed E-state index contributed by atoms with van der Waals surface area (Å²) in [6.45, 7) is 6.69. The van der Waals surface area contributed by atoms with E-state index in [2.05, 4.69) is 19.2 Å². The summed E-state index contributed by atoms with van der Waals surface area (Å²) in [7, 11) is 0. The van der Waals surface area contributed by atoms with Crippen molar-refractivity contribution in [1.82, 2.24) is 5.32 Å². The van der Waals surface area contributed by atoms with Gasteiger partial charge in [-0.3, -0.25) is 0 Å². The molecule has 1 N–H and O–H groups in total. The summed E-state index contributed by atoms with van der Waals surface area (Å²) in [5.74, 6) is 1.29. The molecule has 0 aromatic heterocycles. The lowest BCUT2D eigenvalue weighted by Gasteiger charge is -2.18. The zero-order valence-corrected chi connectivity index (χ0v) is 8.67. The van der Waals surface area contributed by atoms with Gasteiger partial charge in [0.1, 0.15) is 0 Å². The van der Waals surface area contributed by atoms with Crippen LogP contribution in [-0.4, -0.2) is 18.7 Å². The molecule has 76 valence electrons. The van der Waals surface area contributed by atoms with Crippen LogP contribution in [0, 0.1) is 11.8 Å². The van der Waals surface area contributed by atoms with Crippen LogP contribution in [0.5, 0.6) is 0 Å². The van der Waals surface area contributed by atoms with Gasteiger partial charge in [-0.25, -0.2) is 4.79 Å². The second kappa shape index (κ2) is 4.49. The van der Waals surface area contributed by atoms with Crippen LogP contribution in [0.4, 0.5) is 4.79 Å². The van der Waals surface area contributed by atoms with Crippen LogP contribution in [0.1, 0.15) is 33.6 Å². The number of carbonyl (C=O) groups is 1. The lowest BCUT2D eigenvalue weighted by molar-refractivity contribution is 0.145. The molecular weight excluding hydrogens is 166 g/mol. The Bertz CT molecular complexity index is 182. The van der Waals surface area contributed by atoms with Crippen LogP contribution in [0.3, 0.4) is 0 Å². The normalized spacial score (nSPS) is 33.0. The van der Waals surface area contributed by atoms with Crippen molar-refractivity contribution >= 4 is 6.09 Å². The predicted octanol–water partition coefficient (Wildman–Crippen LogP) is 2.17. The number of alkyl carbamates (subject to hydrolysis) is 1. The Morgan fingerprint density at radius 2 is 2.15 bits per heavy atom. The third-order valence-electron chi connectivity index (χ3n) is 3.04. The first-order valence-electron chi connectivity index (χ1n) is 5.08. The maximum atomic E-state index is 11.1. The van der Waals surface area contributed by atoms with E-state index in [4.69, 9.17) is 4.74 Å². The fourth-order valence-corrected chi connectivity index (χ4v) is 1.89. The number of ether oxygens (including phenoxy) is 1. The smallest absolute Gasteiger partial charge is 0.407 e. The van der Waals surface area contributed by atoms with Crippen molar-refractivity contribution in [2.45, 2.75) is 39.7 Å². The van der Waals surface area contributed by atoms with Gasteiger partial charge in [-0.1, -0.05) is 13.8 Å². The minimum atomic E-state index is -0.270. The molecule has 3 atom stereocenters. The number of amides is 1. The van der Waals surface area contributed by atoms with Gasteiger partial charge in [0.25, 0.3) is 0 Å². The van der Waals surface area contributed by atoms with Crippen LogP contribution in [-0.2, 0) is 4.74 Å². The Kier molecular flexibility index (Phi) is 3.58. The monoisotopic (exact) mass is 185 g/mol. The van der Waals surface area contributed by atoms with Crippen LogP contribution in [0.25, 0.3) is 0 Å². The number of hydrogen-bond acceptors (Lipinski definition) is 2. The van der Waals surface area contributed by atoms with Gasteiger partial charge in [0.15, 0.2) is 0 Å². The molecule has 0 aliphatic heterocycles. The average Bonchev–Trinajstić information content (AvgIpc) is 2.37. The summed E-state index contributed by atoms with van der Waals surface area (Å²) in [5.41, 5.74) is 0. The number of hydrogen-bond donors (Lipinski definition) is 1. The number of carbonyl (C=O) groups excluding carboxylic acids is 1. The van der Waals surface area contributed by atoms with E-state index in [1.807, 2.05) is 6.92 Å². The maximum Gasteiger partial charge on any atom is 0.407 e. The molecule has 1 fully saturated rings. The summed E-state index contributed by atoms with van der Waals surface area (Å²) in [4.78, 5) is 11.1. The Balaban J connectivity index is 2.33. The average molecular weight is 185 g/mol. The standard InChI is InChI=1S/C10H19NO2/c1-4-13-10(12)11-9-6-5-7(2)8(9)3/h7-9H,4-6H2,1-3H3,(H,11,12). The second-order valence-electron chi connectivity index (χ2n) is 3.89. The quantitative estimate of drug-likeness (QED) is 0.716. The summed E-state index contributed by atoms with van der Waals surface area (Å²) in [6, 6.07) is 0.314. The van der Waals surface area contributed by atoms with E-state index in [1.165, 1.54) is 6.42 Å². The highest BCUT2D eigenvalue weighted by Gasteiger charge is 2.30. The molecule has 0 bridgehead atoms. The van der Waals surface area contributed by atoms with Crippen molar-refractivity contribution in [2.24, 2.45) is 11.8 Å². The topological polar surface area (TPSA) is 38.3 Å². The van der Waals surface area contributed by atoms with Gasteiger partial charge in [-0.05, 0) is 31.6 Å². The first-order chi connectivity index (χ1) is 6.15. The molecule has 0 heterocycles.